The van der Waals surface area contributed by atoms with Gasteiger partial charge in [0.15, 0.2) is 0 Å². The van der Waals surface area contributed by atoms with Crippen LogP contribution in [0.5, 0.6) is 23.0 Å². The summed E-state index contributed by atoms with van der Waals surface area (Å²) in [4.78, 5) is 24.1. The summed E-state index contributed by atoms with van der Waals surface area (Å²) in [6.45, 7) is -0.0493. The lowest BCUT2D eigenvalue weighted by Crippen LogP contribution is -2.25. The number of carboxylic acid groups (broad SMARTS) is 1. The van der Waals surface area contributed by atoms with Crippen molar-refractivity contribution in [2.45, 2.75) is 18.8 Å². The Kier molecular flexibility index (Phi) is 8.74. The van der Waals surface area contributed by atoms with Crippen LogP contribution in [-0.4, -0.2) is 43.4 Å². The predicted octanol–water partition coefficient (Wildman–Crippen LogP) is 6.06. The van der Waals surface area contributed by atoms with Crippen LogP contribution in [0, 0.1) is 0 Å². The SMILES string of the molecule is O=C(NCCc1ccc(Cl)cc1OCCF)c1ccc(Oc2cc3c(cc2Cl)C(C(=O)O)CCO3)cc1. The van der Waals surface area contributed by atoms with Crippen LogP contribution in [0.3, 0.4) is 0 Å². The first-order chi connectivity index (χ1) is 17.9. The van der Waals surface area contributed by atoms with Crippen molar-refractivity contribution in [3.63, 3.8) is 0 Å². The van der Waals surface area contributed by atoms with Crippen LogP contribution in [-0.2, 0) is 11.2 Å². The average Bonchev–Trinajstić information content (AvgIpc) is 2.89. The summed E-state index contributed by atoms with van der Waals surface area (Å²) in [5.41, 5.74) is 1.76. The van der Waals surface area contributed by atoms with E-state index in [1.54, 1.807) is 54.6 Å². The summed E-state index contributed by atoms with van der Waals surface area (Å²) in [5.74, 6) is -0.202. The van der Waals surface area contributed by atoms with Gasteiger partial charge in [0.25, 0.3) is 5.91 Å². The molecule has 4 rings (SSSR count). The third-order valence-electron chi connectivity index (χ3n) is 5.79. The maximum absolute atomic E-state index is 12.6. The molecule has 0 saturated heterocycles. The van der Waals surface area contributed by atoms with Crippen LogP contribution >= 0.6 is 23.2 Å². The van der Waals surface area contributed by atoms with E-state index in [0.29, 0.717) is 65.1 Å². The van der Waals surface area contributed by atoms with Crippen molar-refractivity contribution in [2.24, 2.45) is 0 Å². The standard InChI is InChI=1S/C27H24Cl2FNO6/c28-18-4-1-16(23(13-18)36-12-9-30)7-10-31-26(32)17-2-5-19(6-3-17)37-25-15-24-21(14-22(25)29)20(27(33)34)8-11-35-24/h1-6,13-15,20H,7-12H2,(H,31,32)(H,33,34). The Morgan fingerprint density at radius 2 is 1.86 bits per heavy atom. The minimum absolute atomic E-state index is 0.0688. The zero-order valence-electron chi connectivity index (χ0n) is 19.6. The van der Waals surface area contributed by atoms with Crippen LogP contribution in [0.15, 0.2) is 54.6 Å². The molecule has 0 aromatic heterocycles. The average molecular weight is 548 g/mol. The maximum atomic E-state index is 12.6. The van der Waals surface area contributed by atoms with E-state index in [-0.39, 0.29) is 17.5 Å². The molecular weight excluding hydrogens is 524 g/mol. The summed E-state index contributed by atoms with van der Waals surface area (Å²) in [5, 5.41) is 13.0. The molecular formula is C27H24Cl2FNO6. The van der Waals surface area contributed by atoms with Gasteiger partial charge in [0, 0.05) is 28.8 Å². The number of alkyl halides is 1. The van der Waals surface area contributed by atoms with E-state index in [1.807, 2.05) is 0 Å². The van der Waals surface area contributed by atoms with Crippen molar-refractivity contribution in [3.8, 4) is 23.0 Å². The van der Waals surface area contributed by atoms with E-state index in [2.05, 4.69) is 5.32 Å². The van der Waals surface area contributed by atoms with Gasteiger partial charge in [-0.2, -0.15) is 0 Å². The predicted molar refractivity (Wildman–Crippen MR) is 137 cm³/mol. The zero-order chi connectivity index (χ0) is 26.4. The first-order valence-corrected chi connectivity index (χ1v) is 12.3. The maximum Gasteiger partial charge on any atom is 0.311 e. The fraction of sp³-hybridized carbons (Fsp3) is 0.259. The molecule has 2 N–H and O–H groups in total. The molecule has 1 atom stereocenters. The third-order valence-corrected chi connectivity index (χ3v) is 6.32. The highest BCUT2D eigenvalue weighted by Crippen LogP contribution is 2.41. The van der Waals surface area contributed by atoms with Crippen LogP contribution in [0.4, 0.5) is 4.39 Å². The summed E-state index contributed by atoms with van der Waals surface area (Å²) in [6, 6.07) is 14.8. The Morgan fingerprint density at radius 3 is 2.59 bits per heavy atom. The number of fused-ring (bicyclic) bond motifs is 1. The van der Waals surface area contributed by atoms with Crippen molar-refractivity contribution in [2.75, 3.05) is 26.4 Å². The second kappa shape index (κ2) is 12.2. The van der Waals surface area contributed by atoms with Gasteiger partial charge in [-0.05, 0) is 60.9 Å². The first kappa shape index (κ1) is 26.6. The van der Waals surface area contributed by atoms with E-state index < -0.39 is 18.6 Å². The number of hydrogen-bond donors (Lipinski definition) is 2. The lowest BCUT2D eigenvalue weighted by molar-refractivity contribution is -0.139. The number of aliphatic carboxylic acids is 1. The number of rotatable bonds is 10. The molecule has 10 heteroatoms. The van der Waals surface area contributed by atoms with Crippen LogP contribution < -0.4 is 19.5 Å². The van der Waals surface area contributed by atoms with Gasteiger partial charge in [-0.1, -0.05) is 29.3 Å². The fourth-order valence-electron chi connectivity index (χ4n) is 3.96. The van der Waals surface area contributed by atoms with Crippen LogP contribution in [0.2, 0.25) is 10.0 Å². The Bertz CT molecular complexity index is 1280. The Hall–Kier alpha value is -3.49. The van der Waals surface area contributed by atoms with Crippen molar-refractivity contribution in [1.29, 1.82) is 0 Å². The summed E-state index contributed by atoms with van der Waals surface area (Å²) in [6.07, 6.45) is 0.851. The molecule has 1 aliphatic heterocycles. The fourth-order valence-corrected chi connectivity index (χ4v) is 4.33. The molecule has 0 saturated carbocycles. The largest absolute Gasteiger partial charge is 0.493 e. The van der Waals surface area contributed by atoms with Gasteiger partial charge < -0.3 is 24.6 Å². The minimum Gasteiger partial charge on any atom is -0.493 e. The molecule has 37 heavy (non-hydrogen) atoms. The van der Waals surface area contributed by atoms with Gasteiger partial charge in [0.2, 0.25) is 0 Å². The molecule has 3 aromatic carbocycles. The number of hydrogen-bond acceptors (Lipinski definition) is 5. The van der Waals surface area contributed by atoms with Crippen molar-refractivity contribution in [1.82, 2.24) is 5.32 Å². The highest BCUT2D eigenvalue weighted by Gasteiger charge is 2.29. The van der Waals surface area contributed by atoms with E-state index in [1.165, 1.54) is 0 Å². The molecule has 3 aromatic rings. The Morgan fingerprint density at radius 1 is 1.08 bits per heavy atom. The lowest BCUT2D eigenvalue weighted by atomic mass is 9.93. The molecule has 0 aliphatic carbocycles. The smallest absolute Gasteiger partial charge is 0.311 e. The second-order valence-electron chi connectivity index (χ2n) is 8.27. The number of ether oxygens (including phenoxy) is 3. The van der Waals surface area contributed by atoms with Gasteiger partial charge >= 0.3 is 5.97 Å². The van der Waals surface area contributed by atoms with Gasteiger partial charge in [0.05, 0.1) is 17.5 Å². The third kappa shape index (κ3) is 6.64. The zero-order valence-corrected chi connectivity index (χ0v) is 21.2. The molecule has 0 fully saturated rings. The number of halogens is 3. The second-order valence-corrected chi connectivity index (χ2v) is 9.11. The molecule has 0 radical (unpaired) electrons. The number of carbonyl (C=O) groups is 2. The molecule has 194 valence electrons. The van der Waals surface area contributed by atoms with Crippen molar-refractivity contribution in [3.05, 3.63) is 81.3 Å². The number of carboxylic acids is 1. The summed E-state index contributed by atoms with van der Waals surface area (Å²) >= 11 is 12.3. The lowest BCUT2D eigenvalue weighted by Gasteiger charge is -2.24. The number of benzene rings is 3. The first-order valence-electron chi connectivity index (χ1n) is 11.6. The Balaban J connectivity index is 1.36. The van der Waals surface area contributed by atoms with Crippen LogP contribution in [0.1, 0.15) is 33.8 Å². The van der Waals surface area contributed by atoms with E-state index in [4.69, 9.17) is 37.4 Å². The van der Waals surface area contributed by atoms with Gasteiger partial charge in [-0.25, -0.2) is 4.39 Å². The number of carbonyl (C=O) groups excluding carboxylic acids is 1. The molecule has 1 aliphatic rings. The number of amides is 1. The molecule has 7 nitrogen and oxygen atoms in total. The summed E-state index contributed by atoms with van der Waals surface area (Å²) in [7, 11) is 0. The normalized spacial score (nSPS) is 14.3. The van der Waals surface area contributed by atoms with Crippen LogP contribution in [0.25, 0.3) is 0 Å². The van der Waals surface area contributed by atoms with Gasteiger partial charge in [-0.3, -0.25) is 9.59 Å². The van der Waals surface area contributed by atoms with E-state index in [9.17, 15) is 19.1 Å². The molecule has 1 heterocycles. The molecule has 1 amide bonds. The van der Waals surface area contributed by atoms with Gasteiger partial charge in [0.1, 0.15) is 36.3 Å². The molecule has 1 unspecified atom stereocenters. The van der Waals surface area contributed by atoms with E-state index >= 15 is 0 Å². The minimum atomic E-state index is -0.929. The summed E-state index contributed by atoms with van der Waals surface area (Å²) < 4.78 is 29.3. The van der Waals surface area contributed by atoms with Gasteiger partial charge in [-0.15, -0.1) is 0 Å². The highest BCUT2D eigenvalue weighted by molar-refractivity contribution is 6.32. The van der Waals surface area contributed by atoms with Crippen molar-refractivity contribution < 1.29 is 33.3 Å². The quantitative estimate of drug-likeness (QED) is 0.320. The highest BCUT2D eigenvalue weighted by atomic mass is 35.5. The molecule has 0 bridgehead atoms. The number of nitrogens with one attached hydrogen (secondary N) is 1. The van der Waals surface area contributed by atoms with E-state index in [0.717, 1.165) is 5.56 Å². The monoisotopic (exact) mass is 547 g/mol. The topological polar surface area (TPSA) is 94.1 Å². The van der Waals surface area contributed by atoms with Crippen molar-refractivity contribution >= 4 is 35.1 Å². The molecule has 0 spiro atoms. The Labute approximate surface area is 223 Å².